The van der Waals surface area contributed by atoms with E-state index in [9.17, 15) is 9.90 Å². The zero-order chi connectivity index (χ0) is 14.2. The van der Waals surface area contributed by atoms with E-state index in [0.29, 0.717) is 4.47 Å². The highest BCUT2D eigenvalue weighted by atomic mass is 79.9. The molecule has 19 heavy (non-hydrogen) atoms. The number of aromatic carboxylic acids is 1. The standard InChI is InChI=1S/C13H12Br2N2O2/c1-7(2)12-10(15)11(13(18)19)16-17(12)9-5-3-4-8(14)6-9/h3-7H,1-2H3,(H,18,19). The summed E-state index contributed by atoms with van der Waals surface area (Å²) in [6.07, 6.45) is 0. The van der Waals surface area contributed by atoms with Crippen molar-refractivity contribution in [3.05, 3.63) is 44.6 Å². The lowest BCUT2D eigenvalue weighted by molar-refractivity contribution is 0.0689. The Hall–Kier alpha value is -1.14. The van der Waals surface area contributed by atoms with Crippen LogP contribution < -0.4 is 0 Å². The minimum atomic E-state index is -1.04. The number of rotatable bonds is 3. The monoisotopic (exact) mass is 386 g/mol. The van der Waals surface area contributed by atoms with E-state index in [1.807, 2.05) is 38.1 Å². The van der Waals surface area contributed by atoms with E-state index in [0.717, 1.165) is 15.9 Å². The average molecular weight is 388 g/mol. The third kappa shape index (κ3) is 2.74. The Kier molecular flexibility index (Phi) is 4.10. The van der Waals surface area contributed by atoms with E-state index in [1.165, 1.54) is 0 Å². The molecule has 1 aromatic heterocycles. The Balaban J connectivity index is 2.69. The van der Waals surface area contributed by atoms with E-state index >= 15 is 0 Å². The Morgan fingerprint density at radius 3 is 2.58 bits per heavy atom. The lowest BCUT2D eigenvalue weighted by Crippen LogP contribution is -2.04. The minimum Gasteiger partial charge on any atom is -0.476 e. The summed E-state index contributed by atoms with van der Waals surface area (Å²) < 4.78 is 3.13. The third-order valence-electron chi connectivity index (χ3n) is 2.66. The first-order valence-corrected chi connectivity index (χ1v) is 7.28. The van der Waals surface area contributed by atoms with E-state index in [2.05, 4.69) is 37.0 Å². The first-order valence-electron chi connectivity index (χ1n) is 5.69. The fourth-order valence-corrected chi connectivity index (χ4v) is 3.11. The minimum absolute atomic E-state index is 0.0312. The van der Waals surface area contributed by atoms with Crippen molar-refractivity contribution in [2.75, 3.05) is 0 Å². The number of nitrogens with zero attached hydrogens (tertiary/aromatic N) is 2. The molecule has 100 valence electrons. The maximum absolute atomic E-state index is 11.2. The number of hydrogen-bond donors (Lipinski definition) is 1. The van der Waals surface area contributed by atoms with Gasteiger partial charge in [0.25, 0.3) is 0 Å². The quantitative estimate of drug-likeness (QED) is 0.857. The van der Waals surface area contributed by atoms with Crippen molar-refractivity contribution in [1.29, 1.82) is 0 Å². The number of halogens is 2. The summed E-state index contributed by atoms with van der Waals surface area (Å²) >= 11 is 6.75. The van der Waals surface area contributed by atoms with Gasteiger partial charge in [-0.15, -0.1) is 0 Å². The molecule has 1 aromatic carbocycles. The average Bonchev–Trinajstić information content (AvgIpc) is 2.67. The fraction of sp³-hybridized carbons (Fsp3) is 0.231. The number of carboxylic acids is 1. The van der Waals surface area contributed by atoms with Crippen molar-refractivity contribution in [2.45, 2.75) is 19.8 Å². The molecule has 0 fully saturated rings. The van der Waals surface area contributed by atoms with Gasteiger partial charge in [0.2, 0.25) is 0 Å². The summed E-state index contributed by atoms with van der Waals surface area (Å²) in [5.41, 5.74) is 1.70. The molecule has 0 saturated carbocycles. The van der Waals surface area contributed by atoms with Crippen molar-refractivity contribution < 1.29 is 9.90 Å². The van der Waals surface area contributed by atoms with Crippen molar-refractivity contribution >= 4 is 37.8 Å². The van der Waals surface area contributed by atoms with Gasteiger partial charge in [0, 0.05) is 4.47 Å². The summed E-state index contributed by atoms with van der Waals surface area (Å²) in [5.74, 6) is -0.892. The molecule has 0 aliphatic rings. The van der Waals surface area contributed by atoms with Gasteiger partial charge in [-0.3, -0.25) is 0 Å². The second-order valence-electron chi connectivity index (χ2n) is 4.40. The molecule has 1 heterocycles. The smallest absolute Gasteiger partial charge is 0.357 e. The van der Waals surface area contributed by atoms with Crippen LogP contribution in [0.25, 0.3) is 5.69 Å². The van der Waals surface area contributed by atoms with E-state index in [4.69, 9.17) is 0 Å². The van der Waals surface area contributed by atoms with Gasteiger partial charge in [-0.1, -0.05) is 35.8 Å². The van der Waals surface area contributed by atoms with Gasteiger partial charge in [0.15, 0.2) is 5.69 Å². The van der Waals surface area contributed by atoms with Crippen LogP contribution in [-0.2, 0) is 0 Å². The highest BCUT2D eigenvalue weighted by Crippen LogP contribution is 2.31. The summed E-state index contributed by atoms with van der Waals surface area (Å²) in [5, 5.41) is 13.4. The summed E-state index contributed by atoms with van der Waals surface area (Å²) in [6, 6.07) is 7.59. The van der Waals surface area contributed by atoms with Crippen LogP contribution in [0.15, 0.2) is 33.2 Å². The molecule has 0 aliphatic heterocycles. The summed E-state index contributed by atoms with van der Waals surface area (Å²) in [4.78, 5) is 11.2. The third-order valence-corrected chi connectivity index (χ3v) is 3.94. The van der Waals surface area contributed by atoms with Crippen molar-refractivity contribution in [2.24, 2.45) is 0 Å². The number of aromatic nitrogens is 2. The maximum atomic E-state index is 11.2. The van der Waals surface area contributed by atoms with Gasteiger partial charge in [-0.25, -0.2) is 9.48 Å². The molecule has 4 nitrogen and oxygen atoms in total. The van der Waals surface area contributed by atoms with E-state index < -0.39 is 5.97 Å². The molecule has 6 heteroatoms. The lowest BCUT2D eigenvalue weighted by Gasteiger charge is -2.10. The molecular formula is C13H12Br2N2O2. The largest absolute Gasteiger partial charge is 0.476 e. The van der Waals surface area contributed by atoms with Gasteiger partial charge in [0.1, 0.15) is 0 Å². The molecule has 1 N–H and O–H groups in total. The number of carbonyl (C=O) groups is 1. The molecule has 0 spiro atoms. The number of carboxylic acid groups (broad SMARTS) is 1. The van der Waals surface area contributed by atoms with E-state index in [1.54, 1.807) is 4.68 Å². The van der Waals surface area contributed by atoms with Crippen LogP contribution in [0.2, 0.25) is 0 Å². The topological polar surface area (TPSA) is 55.1 Å². The molecular weight excluding hydrogens is 376 g/mol. The van der Waals surface area contributed by atoms with Crippen molar-refractivity contribution in [3.8, 4) is 5.69 Å². The summed E-state index contributed by atoms with van der Waals surface area (Å²) in [6.45, 7) is 4.00. The first kappa shape index (κ1) is 14.3. The SMILES string of the molecule is CC(C)c1c(Br)c(C(=O)O)nn1-c1cccc(Br)c1. The van der Waals surface area contributed by atoms with Crippen LogP contribution in [0, 0.1) is 0 Å². The zero-order valence-electron chi connectivity index (χ0n) is 10.4. The Morgan fingerprint density at radius 2 is 2.05 bits per heavy atom. The number of benzene rings is 1. The predicted molar refractivity (Wildman–Crippen MR) is 80.0 cm³/mol. The molecule has 0 atom stereocenters. The van der Waals surface area contributed by atoms with Crippen LogP contribution in [0.3, 0.4) is 0 Å². The van der Waals surface area contributed by atoms with Gasteiger partial charge < -0.3 is 5.11 Å². The number of hydrogen-bond acceptors (Lipinski definition) is 2. The molecule has 2 rings (SSSR count). The summed E-state index contributed by atoms with van der Waals surface area (Å²) in [7, 11) is 0. The Morgan fingerprint density at radius 1 is 1.37 bits per heavy atom. The zero-order valence-corrected chi connectivity index (χ0v) is 13.6. The van der Waals surface area contributed by atoms with Gasteiger partial charge in [-0.2, -0.15) is 5.10 Å². The van der Waals surface area contributed by atoms with Gasteiger partial charge in [-0.05, 0) is 40.0 Å². The van der Waals surface area contributed by atoms with E-state index in [-0.39, 0.29) is 11.6 Å². The van der Waals surface area contributed by atoms with Crippen LogP contribution in [0.4, 0.5) is 0 Å². The van der Waals surface area contributed by atoms with Gasteiger partial charge >= 0.3 is 5.97 Å². The van der Waals surface area contributed by atoms with Crippen molar-refractivity contribution in [3.63, 3.8) is 0 Å². The highest BCUT2D eigenvalue weighted by Gasteiger charge is 2.23. The second-order valence-corrected chi connectivity index (χ2v) is 6.11. The van der Waals surface area contributed by atoms with Crippen molar-refractivity contribution in [1.82, 2.24) is 9.78 Å². The fourth-order valence-electron chi connectivity index (χ4n) is 1.85. The molecule has 2 aromatic rings. The Labute approximate surface area is 127 Å². The first-order chi connectivity index (χ1) is 8.91. The molecule has 0 aliphatic carbocycles. The normalized spacial score (nSPS) is 11.0. The molecule has 0 amide bonds. The van der Waals surface area contributed by atoms with Crippen LogP contribution >= 0.6 is 31.9 Å². The maximum Gasteiger partial charge on any atom is 0.357 e. The molecule has 0 saturated heterocycles. The molecule has 0 radical (unpaired) electrons. The molecule has 0 bridgehead atoms. The lowest BCUT2D eigenvalue weighted by atomic mass is 10.1. The second kappa shape index (κ2) is 5.46. The van der Waals surface area contributed by atoms with Crippen LogP contribution in [0.1, 0.15) is 35.9 Å². The molecule has 0 unspecified atom stereocenters. The predicted octanol–water partition coefficient (Wildman–Crippen LogP) is 4.22. The van der Waals surface area contributed by atoms with Crippen LogP contribution in [0.5, 0.6) is 0 Å². The van der Waals surface area contributed by atoms with Crippen LogP contribution in [-0.4, -0.2) is 20.9 Å². The highest BCUT2D eigenvalue weighted by molar-refractivity contribution is 9.10. The Bertz CT molecular complexity index is 636. The van der Waals surface area contributed by atoms with Gasteiger partial charge in [0.05, 0.1) is 15.9 Å².